The summed E-state index contributed by atoms with van der Waals surface area (Å²) < 4.78 is 5.04. The zero-order chi connectivity index (χ0) is 13.7. The summed E-state index contributed by atoms with van der Waals surface area (Å²) in [5, 5.41) is 3.10. The van der Waals surface area contributed by atoms with Crippen molar-refractivity contribution in [3.05, 3.63) is 58.2 Å². The van der Waals surface area contributed by atoms with Gasteiger partial charge in [0.1, 0.15) is 12.4 Å². The summed E-state index contributed by atoms with van der Waals surface area (Å²) >= 11 is 11.5. The molecule has 0 atom stereocenters. The molecule has 1 N–H and O–H groups in total. The van der Waals surface area contributed by atoms with Crippen molar-refractivity contribution < 1.29 is 9.53 Å². The Hall–Kier alpha value is -1.78. The third kappa shape index (κ3) is 4.12. The molecule has 6 heteroatoms. The molecule has 2 rings (SSSR count). The van der Waals surface area contributed by atoms with E-state index in [1.807, 2.05) is 30.3 Å². The third-order valence-corrected chi connectivity index (χ3v) is 2.96. The predicted molar refractivity (Wildman–Crippen MR) is 74.5 cm³/mol. The van der Waals surface area contributed by atoms with Gasteiger partial charge in [-0.2, -0.15) is 0 Å². The van der Waals surface area contributed by atoms with Gasteiger partial charge in [0.15, 0.2) is 0 Å². The van der Waals surface area contributed by atoms with E-state index in [2.05, 4.69) is 10.3 Å². The van der Waals surface area contributed by atoms with Gasteiger partial charge < -0.3 is 4.74 Å². The normalized spacial score (nSPS) is 10.0. The Kier molecular flexibility index (Phi) is 4.60. The quantitative estimate of drug-likeness (QED) is 0.926. The number of hydrogen-bond acceptors (Lipinski definition) is 3. The van der Waals surface area contributed by atoms with Crippen LogP contribution < -0.4 is 5.32 Å². The van der Waals surface area contributed by atoms with E-state index in [0.29, 0.717) is 10.0 Å². The van der Waals surface area contributed by atoms with Crippen molar-refractivity contribution >= 4 is 35.1 Å². The Morgan fingerprint density at radius 3 is 2.63 bits per heavy atom. The van der Waals surface area contributed by atoms with Gasteiger partial charge in [-0.15, -0.1) is 0 Å². The molecule has 0 aliphatic carbocycles. The van der Waals surface area contributed by atoms with Crippen LogP contribution in [0.1, 0.15) is 5.56 Å². The average molecular weight is 297 g/mol. The summed E-state index contributed by atoms with van der Waals surface area (Å²) in [6, 6.07) is 10.8. The maximum absolute atomic E-state index is 11.5. The van der Waals surface area contributed by atoms with E-state index in [1.165, 1.54) is 12.3 Å². The molecule has 1 aromatic heterocycles. The molecule has 0 radical (unpaired) electrons. The standard InChI is InChI=1S/C13H10Cl2N2O2/c14-10-6-12(16-7-11(10)15)17-13(18)19-8-9-4-2-1-3-5-9/h1-7H,8H2,(H,16,17,18). The van der Waals surface area contributed by atoms with E-state index in [-0.39, 0.29) is 12.4 Å². The van der Waals surface area contributed by atoms with Gasteiger partial charge in [0.05, 0.1) is 10.0 Å². The second-order valence-corrected chi connectivity index (χ2v) is 4.48. The second-order valence-electron chi connectivity index (χ2n) is 3.67. The van der Waals surface area contributed by atoms with Crippen molar-refractivity contribution in [1.82, 2.24) is 4.98 Å². The van der Waals surface area contributed by atoms with Crippen LogP contribution in [-0.2, 0) is 11.3 Å². The molecule has 0 bridgehead atoms. The first kappa shape index (κ1) is 13.6. The fraction of sp³-hybridized carbons (Fsp3) is 0.0769. The van der Waals surface area contributed by atoms with Crippen LogP contribution in [0.25, 0.3) is 0 Å². The molecule has 2 aromatic rings. The van der Waals surface area contributed by atoms with Gasteiger partial charge in [-0.1, -0.05) is 53.5 Å². The first-order valence-electron chi connectivity index (χ1n) is 5.44. The summed E-state index contributed by atoms with van der Waals surface area (Å²) in [4.78, 5) is 15.4. The van der Waals surface area contributed by atoms with Crippen LogP contribution in [0.2, 0.25) is 10.0 Å². The lowest BCUT2D eigenvalue weighted by molar-refractivity contribution is 0.155. The number of aromatic nitrogens is 1. The molecule has 19 heavy (non-hydrogen) atoms. The van der Waals surface area contributed by atoms with E-state index in [4.69, 9.17) is 27.9 Å². The molecule has 1 heterocycles. The number of nitrogens with one attached hydrogen (secondary N) is 1. The molecular weight excluding hydrogens is 287 g/mol. The fourth-order valence-electron chi connectivity index (χ4n) is 1.35. The molecule has 0 saturated carbocycles. The molecule has 0 spiro atoms. The lowest BCUT2D eigenvalue weighted by atomic mass is 10.2. The summed E-state index contributed by atoms with van der Waals surface area (Å²) in [7, 11) is 0. The summed E-state index contributed by atoms with van der Waals surface area (Å²) in [6.45, 7) is 0.188. The first-order valence-corrected chi connectivity index (χ1v) is 6.19. The number of rotatable bonds is 3. The number of hydrogen-bond donors (Lipinski definition) is 1. The van der Waals surface area contributed by atoms with Crippen molar-refractivity contribution in [2.75, 3.05) is 5.32 Å². The van der Waals surface area contributed by atoms with Crippen molar-refractivity contribution in [2.24, 2.45) is 0 Å². The zero-order valence-corrected chi connectivity index (χ0v) is 11.3. The number of nitrogens with zero attached hydrogens (tertiary/aromatic N) is 1. The number of pyridine rings is 1. The van der Waals surface area contributed by atoms with Gasteiger partial charge >= 0.3 is 6.09 Å². The van der Waals surface area contributed by atoms with Crippen molar-refractivity contribution in [3.63, 3.8) is 0 Å². The molecule has 0 fully saturated rings. The number of anilines is 1. The van der Waals surface area contributed by atoms with E-state index in [1.54, 1.807) is 0 Å². The molecule has 1 aromatic carbocycles. The van der Waals surface area contributed by atoms with Crippen LogP contribution in [0.3, 0.4) is 0 Å². The minimum Gasteiger partial charge on any atom is -0.444 e. The average Bonchev–Trinajstić information content (AvgIpc) is 2.42. The number of carbonyl (C=O) groups is 1. The zero-order valence-electron chi connectivity index (χ0n) is 9.77. The maximum Gasteiger partial charge on any atom is 0.413 e. The SMILES string of the molecule is O=C(Nc1cc(Cl)c(Cl)cn1)OCc1ccccc1. The highest BCUT2D eigenvalue weighted by atomic mass is 35.5. The maximum atomic E-state index is 11.5. The number of amides is 1. The number of halogens is 2. The fourth-order valence-corrected chi connectivity index (χ4v) is 1.60. The Morgan fingerprint density at radius 1 is 1.21 bits per heavy atom. The van der Waals surface area contributed by atoms with Crippen LogP contribution in [-0.4, -0.2) is 11.1 Å². The van der Waals surface area contributed by atoms with Crippen LogP contribution in [0.15, 0.2) is 42.6 Å². The molecule has 0 aliphatic heterocycles. The molecule has 1 amide bonds. The molecule has 98 valence electrons. The Labute approximate surface area is 120 Å². The van der Waals surface area contributed by atoms with Crippen LogP contribution >= 0.6 is 23.2 Å². The molecule has 4 nitrogen and oxygen atoms in total. The molecule has 0 saturated heterocycles. The highest BCUT2D eigenvalue weighted by Gasteiger charge is 2.06. The number of benzene rings is 1. The van der Waals surface area contributed by atoms with Crippen LogP contribution in [0.5, 0.6) is 0 Å². The Balaban J connectivity index is 1.89. The minimum atomic E-state index is -0.602. The van der Waals surface area contributed by atoms with Crippen LogP contribution in [0.4, 0.5) is 10.6 Å². The molecular formula is C13H10Cl2N2O2. The topological polar surface area (TPSA) is 51.2 Å². The van der Waals surface area contributed by atoms with Gasteiger partial charge in [-0.25, -0.2) is 9.78 Å². The highest BCUT2D eigenvalue weighted by molar-refractivity contribution is 6.42. The highest BCUT2D eigenvalue weighted by Crippen LogP contribution is 2.22. The van der Waals surface area contributed by atoms with Crippen molar-refractivity contribution in [3.8, 4) is 0 Å². The van der Waals surface area contributed by atoms with Gasteiger partial charge in [0.2, 0.25) is 0 Å². The number of carbonyl (C=O) groups excluding carboxylic acids is 1. The monoisotopic (exact) mass is 296 g/mol. The summed E-state index contributed by atoms with van der Waals surface area (Å²) in [6.07, 6.45) is 0.756. The van der Waals surface area contributed by atoms with Crippen molar-refractivity contribution in [2.45, 2.75) is 6.61 Å². The van der Waals surface area contributed by atoms with E-state index in [9.17, 15) is 4.79 Å². The van der Waals surface area contributed by atoms with Gasteiger partial charge in [0.25, 0.3) is 0 Å². The molecule has 0 unspecified atom stereocenters. The Morgan fingerprint density at radius 2 is 1.95 bits per heavy atom. The van der Waals surface area contributed by atoms with Gasteiger partial charge in [-0.05, 0) is 5.56 Å². The second kappa shape index (κ2) is 6.41. The number of ether oxygens (including phenoxy) is 1. The minimum absolute atomic E-state index is 0.188. The van der Waals surface area contributed by atoms with Gasteiger partial charge in [-0.3, -0.25) is 5.32 Å². The smallest absolute Gasteiger partial charge is 0.413 e. The third-order valence-electron chi connectivity index (χ3n) is 2.25. The molecule has 0 aliphatic rings. The van der Waals surface area contributed by atoms with Crippen LogP contribution in [0, 0.1) is 0 Å². The van der Waals surface area contributed by atoms with E-state index >= 15 is 0 Å². The van der Waals surface area contributed by atoms with E-state index in [0.717, 1.165) is 5.56 Å². The van der Waals surface area contributed by atoms with Crippen molar-refractivity contribution in [1.29, 1.82) is 0 Å². The van der Waals surface area contributed by atoms with E-state index < -0.39 is 6.09 Å². The summed E-state index contributed by atoms with van der Waals surface area (Å²) in [5.41, 5.74) is 0.903. The predicted octanol–water partition coefficient (Wildman–Crippen LogP) is 4.14. The largest absolute Gasteiger partial charge is 0.444 e. The lowest BCUT2D eigenvalue weighted by Gasteiger charge is -2.07. The Bertz CT molecular complexity index is 576. The lowest BCUT2D eigenvalue weighted by Crippen LogP contribution is -2.14. The first-order chi connectivity index (χ1) is 9.15. The summed E-state index contributed by atoms with van der Waals surface area (Å²) in [5.74, 6) is 0.285. The van der Waals surface area contributed by atoms with Gasteiger partial charge in [0, 0.05) is 12.3 Å².